The van der Waals surface area contributed by atoms with Gasteiger partial charge in [-0.05, 0) is 37.0 Å². The smallest absolute Gasteiger partial charge is 0.152 e. The van der Waals surface area contributed by atoms with Crippen molar-refractivity contribution in [2.45, 2.75) is 25.5 Å². The Morgan fingerprint density at radius 2 is 2.18 bits per heavy atom. The molecule has 1 atom stereocenters. The predicted octanol–water partition coefficient (Wildman–Crippen LogP) is 3.85. The van der Waals surface area contributed by atoms with Crippen molar-refractivity contribution in [1.29, 1.82) is 0 Å². The summed E-state index contributed by atoms with van der Waals surface area (Å²) in [5, 5.41) is 13.7. The van der Waals surface area contributed by atoms with Crippen LogP contribution < -0.4 is 0 Å². The topological polar surface area (TPSA) is 52.8 Å². The van der Waals surface area contributed by atoms with E-state index in [9.17, 15) is 0 Å². The Morgan fingerprint density at radius 3 is 3.00 bits per heavy atom. The lowest BCUT2D eigenvalue weighted by Crippen LogP contribution is -2.18. The van der Waals surface area contributed by atoms with Gasteiger partial charge in [-0.2, -0.15) is 10.2 Å². The molecule has 0 aliphatic carbocycles. The van der Waals surface area contributed by atoms with E-state index in [0.717, 1.165) is 41.5 Å². The van der Waals surface area contributed by atoms with E-state index in [0.29, 0.717) is 5.15 Å². The molecular weight excluding hydrogens is 300 g/mol. The minimum Gasteiger partial charge on any atom is -0.356 e. The van der Waals surface area contributed by atoms with Gasteiger partial charge in [-0.1, -0.05) is 23.7 Å². The molecule has 22 heavy (non-hydrogen) atoms. The molecule has 6 heteroatoms. The molecule has 1 saturated heterocycles. The van der Waals surface area contributed by atoms with Crippen LogP contribution in [-0.2, 0) is 4.74 Å². The number of hydrogen-bond acceptors (Lipinski definition) is 4. The van der Waals surface area contributed by atoms with Crippen molar-refractivity contribution in [1.82, 2.24) is 20.0 Å². The average molecular weight is 315 g/mol. The van der Waals surface area contributed by atoms with Gasteiger partial charge >= 0.3 is 0 Å². The Morgan fingerprint density at radius 1 is 1.23 bits per heavy atom. The maximum absolute atomic E-state index is 5.96. The molecule has 112 valence electrons. The van der Waals surface area contributed by atoms with E-state index in [4.69, 9.17) is 16.3 Å². The fourth-order valence-corrected chi connectivity index (χ4v) is 3.12. The first-order valence-electron chi connectivity index (χ1n) is 7.39. The molecule has 0 spiro atoms. The van der Waals surface area contributed by atoms with Gasteiger partial charge in [0.2, 0.25) is 0 Å². The molecule has 0 radical (unpaired) electrons. The molecule has 0 bridgehead atoms. The number of benzene rings is 1. The summed E-state index contributed by atoms with van der Waals surface area (Å²) in [7, 11) is 0. The highest BCUT2D eigenvalue weighted by atomic mass is 35.5. The van der Waals surface area contributed by atoms with Gasteiger partial charge in [-0.3, -0.25) is 0 Å². The van der Waals surface area contributed by atoms with Crippen LogP contribution in [0.3, 0.4) is 0 Å². The Kier molecular flexibility index (Phi) is 3.52. The van der Waals surface area contributed by atoms with Gasteiger partial charge in [0, 0.05) is 17.6 Å². The lowest BCUT2D eigenvalue weighted by Gasteiger charge is -2.23. The van der Waals surface area contributed by atoms with Crippen LogP contribution in [0.15, 0.2) is 36.7 Å². The zero-order valence-corrected chi connectivity index (χ0v) is 12.7. The van der Waals surface area contributed by atoms with Gasteiger partial charge in [-0.15, -0.1) is 5.10 Å². The standard InChI is InChI=1S/C16H15ClN4O/c17-15-8-11(9-18-20-15)12-4-3-5-14-13(12)10-19-21(14)16-6-1-2-7-22-16/h3-5,8-10,16H,1-2,6-7H2. The summed E-state index contributed by atoms with van der Waals surface area (Å²) >= 11 is 5.96. The quantitative estimate of drug-likeness (QED) is 0.721. The first-order valence-corrected chi connectivity index (χ1v) is 7.77. The summed E-state index contributed by atoms with van der Waals surface area (Å²) in [6, 6.07) is 7.95. The monoisotopic (exact) mass is 314 g/mol. The largest absolute Gasteiger partial charge is 0.356 e. The molecule has 4 rings (SSSR count). The number of hydrogen-bond donors (Lipinski definition) is 0. The normalized spacial score (nSPS) is 18.7. The van der Waals surface area contributed by atoms with Crippen molar-refractivity contribution in [3.63, 3.8) is 0 Å². The Hall–Kier alpha value is -1.98. The molecule has 5 nitrogen and oxygen atoms in total. The molecule has 3 heterocycles. The highest BCUT2D eigenvalue weighted by molar-refractivity contribution is 6.29. The summed E-state index contributed by atoms with van der Waals surface area (Å²) in [6.45, 7) is 0.801. The van der Waals surface area contributed by atoms with Crippen LogP contribution in [0.4, 0.5) is 0 Å². The van der Waals surface area contributed by atoms with Crippen molar-refractivity contribution in [3.05, 3.63) is 41.8 Å². The zero-order valence-electron chi connectivity index (χ0n) is 11.9. The Balaban J connectivity index is 1.83. The fourth-order valence-electron chi connectivity index (χ4n) is 2.96. The average Bonchev–Trinajstić information content (AvgIpc) is 2.99. The molecule has 2 aromatic heterocycles. The first-order chi connectivity index (χ1) is 10.8. The van der Waals surface area contributed by atoms with Crippen LogP contribution in [-0.4, -0.2) is 26.6 Å². The molecule has 3 aromatic rings. The highest BCUT2D eigenvalue weighted by Gasteiger charge is 2.19. The number of aromatic nitrogens is 4. The first kappa shape index (κ1) is 13.7. The molecule has 1 unspecified atom stereocenters. The van der Waals surface area contributed by atoms with Gasteiger partial charge in [0.05, 0.1) is 17.9 Å². The van der Waals surface area contributed by atoms with Gasteiger partial charge < -0.3 is 4.74 Å². The molecule has 1 fully saturated rings. The number of ether oxygens (including phenoxy) is 1. The number of fused-ring (bicyclic) bond motifs is 1. The lowest BCUT2D eigenvalue weighted by molar-refractivity contribution is -0.0366. The molecule has 0 N–H and O–H groups in total. The SMILES string of the molecule is Clc1cc(-c2cccc3c2cnn3C2CCCCO2)cnn1. The van der Waals surface area contributed by atoms with E-state index in [-0.39, 0.29) is 6.23 Å². The van der Waals surface area contributed by atoms with Gasteiger partial charge in [-0.25, -0.2) is 4.68 Å². The van der Waals surface area contributed by atoms with Gasteiger partial charge in [0.25, 0.3) is 0 Å². The minimum absolute atomic E-state index is 0.0284. The van der Waals surface area contributed by atoms with Crippen LogP contribution >= 0.6 is 11.6 Å². The predicted molar refractivity (Wildman–Crippen MR) is 84.6 cm³/mol. The van der Waals surface area contributed by atoms with E-state index in [2.05, 4.69) is 21.4 Å². The van der Waals surface area contributed by atoms with E-state index in [1.807, 2.05) is 29.1 Å². The van der Waals surface area contributed by atoms with Gasteiger partial charge in [0.15, 0.2) is 11.4 Å². The van der Waals surface area contributed by atoms with E-state index < -0.39 is 0 Å². The van der Waals surface area contributed by atoms with E-state index >= 15 is 0 Å². The summed E-state index contributed by atoms with van der Waals surface area (Å²) in [4.78, 5) is 0. The molecule has 1 aliphatic rings. The summed E-state index contributed by atoms with van der Waals surface area (Å²) in [5.41, 5.74) is 3.06. The molecular formula is C16H15ClN4O. The second-order valence-corrected chi connectivity index (χ2v) is 5.80. The Bertz CT molecular complexity index is 811. The zero-order chi connectivity index (χ0) is 14.9. The minimum atomic E-state index is 0.0284. The van der Waals surface area contributed by atoms with E-state index in [1.165, 1.54) is 6.42 Å². The maximum atomic E-state index is 5.96. The van der Waals surface area contributed by atoms with Crippen LogP contribution in [0.2, 0.25) is 5.15 Å². The number of halogens is 1. The summed E-state index contributed by atoms with van der Waals surface area (Å²) in [6.07, 6.45) is 6.94. The third-order valence-corrected chi connectivity index (χ3v) is 4.19. The highest BCUT2D eigenvalue weighted by Crippen LogP contribution is 2.32. The van der Waals surface area contributed by atoms with Crippen molar-refractivity contribution < 1.29 is 4.74 Å². The van der Waals surface area contributed by atoms with Crippen molar-refractivity contribution in [3.8, 4) is 11.1 Å². The van der Waals surface area contributed by atoms with Crippen LogP contribution in [0.25, 0.3) is 22.0 Å². The number of nitrogens with zero attached hydrogens (tertiary/aromatic N) is 4. The second kappa shape index (κ2) is 5.66. The maximum Gasteiger partial charge on any atom is 0.152 e. The number of rotatable bonds is 2. The lowest BCUT2D eigenvalue weighted by atomic mass is 10.0. The summed E-state index contributed by atoms with van der Waals surface area (Å²) < 4.78 is 7.83. The molecule has 1 aliphatic heterocycles. The third kappa shape index (κ3) is 2.36. The van der Waals surface area contributed by atoms with Gasteiger partial charge in [0.1, 0.15) is 0 Å². The van der Waals surface area contributed by atoms with Crippen LogP contribution in [0.1, 0.15) is 25.5 Å². The molecule has 1 aromatic carbocycles. The molecule has 0 amide bonds. The molecule has 0 saturated carbocycles. The third-order valence-electron chi connectivity index (χ3n) is 4.01. The van der Waals surface area contributed by atoms with E-state index in [1.54, 1.807) is 6.20 Å². The van der Waals surface area contributed by atoms with Crippen LogP contribution in [0, 0.1) is 0 Å². The Labute approximate surface area is 132 Å². The summed E-state index contributed by atoms with van der Waals surface area (Å²) in [5.74, 6) is 0. The van der Waals surface area contributed by atoms with Crippen molar-refractivity contribution in [2.75, 3.05) is 6.61 Å². The van der Waals surface area contributed by atoms with Crippen molar-refractivity contribution in [2.24, 2.45) is 0 Å². The van der Waals surface area contributed by atoms with Crippen molar-refractivity contribution >= 4 is 22.5 Å². The fraction of sp³-hybridized carbons (Fsp3) is 0.312. The second-order valence-electron chi connectivity index (χ2n) is 5.42. The van der Waals surface area contributed by atoms with Crippen LogP contribution in [0.5, 0.6) is 0 Å².